The van der Waals surface area contributed by atoms with Crippen LogP contribution in [0.2, 0.25) is 0 Å². The van der Waals surface area contributed by atoms with Crippen LogP contribution in [-0.4, -0.2) is 12.7 Å². The Balaban J connectivity index is 1.39. The molecule has 0 aromatic carbocycles. The fourth-order valence-electron chi connectivity index (χ4n) is 6.33. The van der Waals surface area contributed by atoms with E-state index in [1.807, 2.05) is 0 Å². The second kappa shape index (κ2) is 19.3. The first-order valence-electron chi connectivity index (χ1n) is 15.4. The van der Waals surface area contributed by atoms with Crippen LogP contribution in [0.25, 0.3) is 0 Å². The van der Waals surface area contributed by atoms with Crippen molar-refractivity contribution in [2.75, 3.05) is 6.61 Å². The van der Waals surface area contributed by atoms with Crippen molar-refractivity contribution < 1.29 is 4.74 Å². The summed E-state index contributed by atoms with van der Waals surface area (Å²) in [7, 11) is 0. The van der Waals surface area contributed by atoms with Crippen LogP contribution in [0, 0.1) is 17.8 Å². The highest BCUT2D eigenvalue weighted by molar-refractivity contribution is 4.76. The molecule has 1 nitrogen and oxygen atoms in total. The van der Waals surface area contributed by atoms with E-state index in [0.29, 0.717) is 6.10 Å². The average molecular weight is 449 g/mol. The van der Waals surface area contributed by atoms with Crippen LogP contribution in [0.5, 0.6) is 0 Å². The molecule has 0 radical (unpaired) electrons. The van der Waals surface area contributed by atoms with E-state index in [9.17, 15) is 0 Å². The fraction of sp³-hybridized carbons (Fsp3) is 1.00. The highest BCUT2D eigenvalue weighted by atomic mass is 16.5. The second-order valence-electron chi connectivity index (χ2n) is 11.7. The van der Waals surface area contributed by atoms with Gasteiger partial charge in [0.1, 0.15) is 0 Å². The van der Waals surface area contributed by atoms with Gasteiger partial charge in [-0.15, -0.1) is 0 Å². The fourth-order valence-corrected chi connectivity index (χ4v) is 6.33. The molecule has 2 saturated carbocycles. The van der Waals surface area contributed by atoms with E-state index < -0.39 is 0 Å². The van der Waals surface area contributed by atoms with Crippen molar-refractivity contribution in [3.8, 4) is 0 Å². The van der Waals surface area contributed by atoms with Gasteiger partial charge in [-0.1, -0.05) is 129 Å². The summed E-state index contributed by atoms with van der Waals surface area (Å²) in [6, 6.07) is 0. The summed E-state index contributed by atoms with van der Waals surface area (Å²) >= 11 is 0. The second-order valence-corrected chi connectivity index (χ2v) is 11.7. The van der Waals surface area contributed by atoms with Gasteiger partial charge in [0.15, 0.2) is 0 Å². The summed E-state index contributed by atoms with van der Waals surface area (Å²) in [5.41, 5.74) is 0. The van der Waals surface area contributed by atoms with Crippen LogP contribution in [-0.2, 0) is 4.74 Å². The van der Waals surface area contributed by atoms with Crippen LogP contribution < -0.4 is 0 Å². The molecule has 2 fully saturated rings. The third-order valence-corrected chi connectivity index (χ3v) is 8.76. The highest BCUT2D eigenvalue weighted by Gasteiger charge is 2.25. The summed E-state index contributed by atoms with van der Waals surface area (Å²) in [5.74, 6) is 2.90. The van der Waals surface area contributed by atoms with Crippen LogP contribution >= 0.6 is 0 Å². The molecule has 0 aromatic rings. The maximum absolute atomic E-state index is 6.43. The Kier molecular flexibility index (Phi) is 17.0. The zero-order chi connectivity index (χ0) is 22.7. The molecule has 0 spiro atoms. The van der Waals surface area contributed by atoms with E-state index in [1.54, 1.807) is 0 Å². The van der Waals surface area contributed by atoms with E-state index >= 15 is 0 Å². The van der Waals surface area contributed by atoms with Gasteiger partial charge in [-0.05, 0) is 56.3 Å². The van der Waals surface area contributed by atoms with Gasteiger partial charge in [0.25, 0.3) is 0 Å². The first kappa shape index (κ1) is 28.2. The summed E-state index contributed by atoms with van der Waals surface area (Å²) < 4.78 is 6.43. The lowest BCUT2D eigenvalue weighted by molar-refractivity contribution is -0.0104. The van der Waals surface area contributed by atoms with E-state index in [-0.39, 0.29) is 0 Å². The molecule has 190 valence electrons. The summed E-state index contributed by atoms with van der Waals surface area (Å²) in [5, 5.41) is 0. The van der Waals surface area contributed by atoms with Crippen LogP contribution in [0.1, 0.15) is 168 Å². The normalized spacial score (nSPS) is 26.4. The molecule has 0 heterocycles. The monoisotopic (exact) mass is 448 g/mol. The summed E-state index contributed by atoms with van der Waals surface area (Å²) in [6.45, 7) is 5.69. The number of rotatable bonds is 19. The molecule has 0 aromatic heterocycles. The van der Waals surface area contributed by atoms with Gasteiger partial charge in [0.2, 0.25) is 0 Å². The first-order chi connectivity index (χ1) is 15.8. The summed E-state index contributed by atoms with van der Waals surface area (Å²) in [6.07, 6.45) is 35.3. The SMILES string of the molecule is CCCCCCCCC[C@H]1CC[C@H](CO[C@H]2CC[C@H](CCCCCCCCC)CC2)CC1. The Labute approximate surface area is 203 Å². The maximum atomic E-state index is 6.43. The van der Waals surface area contributed by atoms with E-state index in [1.165, 1.54) is 154 Å². The van der Waals surface area contributed by atoms with Gasteiger partial charge in [0, 0.05) is 6.61 Å². The Morgan fingerprint density at radius 3 is 1.28 bits per heavy atom. The Morgan fingerprint density at radius 2 is 0.812 bits per heavy atom. The minimum Gasteiger partial charge on any atom is -0.378 e. The smallest absolute Gasteiger partial charge is 0.0575 e. The Hall–Kier alpha value is -0.0400. The third-order valence-electron chi connectivity index (χ3n) is 8.76. The van der Waals surface area contributed by atoms with Crippen molar-refractivity contribution >= 4 is 0 Å². The van der Waals surface area contributed by atoms with E-state index in [2.05, 4.69) is 13.8 Å². The molecular weight excluding hydrogens is 388 g/mol. The molecule has 0 aliphatic heterocycles. The van der Waals surface area contributed by atoms with Crippen LogP contribution in [0.15, 0.2) is 0 Å². The average Bonchev–Trinajstić information content (AvgIpc) is 2.83. The van der Waals surface area contributed by atoms with Crippen molar-refractivity contribution in [1.82, 2.24) is 0 Å². The van der Waals surface area contributed by atoms with Crippen LogP contribution in [0.3, 0.4) is 0 Å². The predicted octanol–water partition coefficient (Wildman–Crippen LogP) is 10.6. The van der Waals surface area contributed by atoms with Crippen molar-refractivity contribution in [2.45, 2.75) is 174 Å². The number of unbranched alkanes of at least 4 members (excludes halogenated alkanes) is 12. The molecule has 0 N–H and O–H groups in total. The quantitative estimate of drug-likeness (QED) is 0.178. The van der Waals surface area contributed by atoms with Gasteiger partial charge >= 0.3 is 0 Å². The number of ether oxygens (including phenoxy) is 1. The molecule has 2 aliphatic carbocycles. The standard InChI is InChI=1S/C31H60O/c1-3-5-7-9-11-13-15-17-28-19-21-30(22-20-28)27-32-31-25-23-29(24-26-31)18-16-14-12-10-8-6-4-2/h28-31H,3-27H2,1-2H3/t28-,29-,30-,31-. The molecule has 0 atom stereocenters. The molecule has 32 heavy (non-hydrogen) atoms. The van der Waals surface area contributed by atoms with Gasteiger partial charge < -0.3 is 4.74 Å². The maximum Gasteiger partial charge on any atom is 0.0575 e. The summed E-state index contributed by atoms with van der Waals surface area (Å²) in [4.78, 5) is 0. The minimum absolute atomic E-state index is 0.589. The lowest BCUT2D eigenvalue weighted by Gasteiger charge is -2.32. The molecule has 0 saturated heterocycles. The molecular formula is C31H60O. The molecule has 2 rings (SSSR count). The van der Waals surface area contributed by atoms with Gasteiger partial charge in [-0.3, -0.25) is 0 Å². The Morgan fingerprint density at radius 1 is 0.438 bits per heavy atom. The molecule has 0 bridgehead atoms. The molecule has 0 unspecified atom stereocenters. The largest absolute Gasteiger partial charge is 0.378 e. The highest BCUT2D eigenvalue weighted by Crippen LogP contribution is 2.34. The molecule has 1 heteroatoms. The first-order valence-corrected chi connectivity index (χ1v) is 15.4. The van der Waals surface area contributed by atoms with Crippen molar-refractivity contribution in [1.29, 1.82) is 0 Å². The van der Waals surface area contributed by atoms with Crippen molar-refractivity contribution in [2.24, 2.45) is 17.8 Å². The van der Waals surface area contributed by atoms with Crippen molar-refractivity contribution in [3.63, 3.8) is 0 Å². The number of hydrogen-bond donors (Lipinski definition) is 0. The predicted molar refractivity (Wildman–Crippen MR) is 142 cm³/mol. The lowest BCUT2D eigenvalue weighted by Crippen LogP contribution is -2.26. The Bertz CT molecular complexity index is 351. The molecule has 2 aliphatic rings. The number of hydrogen-bond acceptors (Lipinski definition) is 1. The van der Waals surface area contributed by atoms with Gasteiger partial charge in [-0.25, -0.2) is 0 Å². The van der Waals surface area contributed by atoms with Crippen LogP contribution in [0.4, 0.5) is 0 Å². The zero-order valence-electron chi connectivity index (χ0n) is 22.4. The minimum atomic E-state index is 0.589. The van der Waals surface area contributed by atoms with E-state index in [0.717, 1.165) is 24.4 Å². The lowest BCUT2D eigenvalue weighted by atomic mass is 9.80. The van der Waals surface area contributed by atoms with E-state index in [4.69, 9.17) is 4.74 Å². The van der Waals surface area contributed by atoms with Crippen molar-refractivity contribution in [3.05, 3.63) is 0 Å². The van der Waals surface area contributed by atoms with Gasteiger partial charge in [-0.2, -0.15) is 0 Å². The third kappa shape index (κ3) is 13.6. The zero-order valence-corrected chi connectivity index (χ0v) is 22.4. The topological polar surface area (TPSA) is 9.23 Å². The van der Waals surface area contributed by atoms with Gasteiger partial charge in [0.05, 0.1) is 6.10 Å². The molecule has 0 amide bonds.